The maximum absolute atomic E-state index is 12.7. The van der Waals surface area contributed by atoms with Gasteiger partial charge in [-0.05, 0) is 48.2 Å². The number of amides is 1. The Morgan fingerprint density at radius 2 is 1.58 bits per heavy atom. The molecule has 0 aliphatic carbocycles. The molecule has 0 aliphatic rings. The van der Waals surface area contributed by atoms with Gasteiger partial charge in [0.15, 0.2) is 0 Å². The van der Waals surface area contributed by atoms with E-state index in [1.54, 1.807) is 30.3 Å². The Kier molecular flexibility index (Phi) is 7.85. The van der Waals surface area contributed by atoms with Gasteiger partial charge in [0.1, 0.15) is 0 Å². The Balaban J connectivity index is 1.52. The van der Waals surface area contributed by atoms with Crippen molar-refractivity contribution in [1.29, 1.82) is 0 Å². The summed E-state index contributed by atoms with van der Waals surface area (Å²) in [6.45, 7) is 2.18. The van der Waals surface area contributed by atoms with Crippen LogP contribution in [0.1, 0.15) is 36.1 Å². The van der Waals surface area contributed by atoms with Gasteiger partial charge in [-0.3, -0.25) is 4.79 Å². The molecule has 0 aliphatic heterocycles. The molecule has 2 N–H and O–H groups in total. The van der Waals surface area contributed by atoms with Gasteiger partial charge >= 0.3 is 0 Å². The first-order valence-electron chi connectivity index (χ1n) is 10.0. The number of benzene rings is 3. The summed E-state index contributed by atoms with van der Waals surface area (Å²) in [4.78, 5) is 12.3. The normalized spacial score (nSPS) is 12.3. The molecule has 1 atom stereocenters. The van der Waals surface area contributed by atoms with E-state index in [0.29, 0.717) is 24.4 Å². The lowest BCUT2D eigenvalue weighted by Gasteiger charge is -2.15. The van der Waals surface area contributed by atoms with Crippen molar-refractivity contribution >= 4 is 27.5 Å². The number of aryl methyl sites for hydroxylation is 1. The van der Waals surface area contributed by atoms with Crippen LogP contribution in [0.3, 0.4) is 0 Å². The van der Waals surface area contributed by atoms with Gasteiger partial charge in [0.05, 0.1) is 4.90 Å². The lowest BCUT2D eigenvalue weighted by molar-refractivity contribution is -0.121. The van der Waals surface area contributed by atoms with E-state index in [1.165, 1.54) is 0 Å². The van der Waals surface area contributed by atoms with E-state index in [1.807, 2.05) is 55.5 Å². The fourth-order valence-corrected chi connectivity index (χ4v) is 4.56. The third-order valence-electron chi connectivity index (χ3n) is 4.94. The van der Waals surface area contributed by atoms with Crippen LogP contribution in [0, 0.1) is 0 Å². The zero-order valence-electron chi connectivity index (χ0n) is 17.2. The van der Waals surface area contributed by atoms with Crippen molar-refractivity contribution in [3.63, 3.8) is 0 Å². The van der Waals surface area contributed by atoms with Gasteiger partial charge < -0.3 is 5.32 Å². The summed E-state index contributed by atoms with van der Waals surface area (Å²) in [6.07, 6.45) is 0.822. The van der Waals surface area contributed by atoms with Crippen molar-refractivity contribution in [3.05, 3.63) is 101 Å². The molecule has 7 heteroatoms. The maximum atomic E-state index is 12.7. The van der Waals surface area contributed by atoms with Gasteiger partial charge in [-0.25, -0.2) is 13.1 Å². The van der Waals surface area contributed by atoms with E-state index in [4.69, 9.17) is 11.6 Å². The van der Waals surface area contributed by atoms with Crippen LogP contribution >= 0.6 is 11.6 Å². The summed E-state index contributed by atoms with van der Waals surface area (Å²) < 4.78 is 28.0. The van der Waals surface area contributed by atoms with Gasteiger partial charge in [-0.15, -0.1) is 0 Å². The maximum Gasteiger partial charge on any atom is 0.241 e. The summed E-state index contributed by atoms with van der Waals surface area (Å²) in [5, 5.41) is 3.47. The molecule has 31 heavy (non-hydrogen) atoms. The molecule has 0 spiro atoms. The van der Waals surface area contributed by atoms with Crippen LogP contribution in [0.4, 0.5) is 0 Å². The standard InChI is InChI=1S/C24H25ClN2O3S/c1-18(20-7-3-2-4-8-20)27-31(29,30)22-14-11-19(12-15-22)13-16-24(28)26-17-21-9-5-6-10-23(21)25/h2-12,14-15,18,27H,13,16-17H2,1H3,(H,26,28)/t18-/m1/s1. The summed E-state index contributed by atoms with van der Waals surface area (Å²) in [5.41, 5.74) is 2.65. The van der Waals surface area contributed by atoms with Crippen molar-refractivity contribution in [3.8, 4) is 0 Å². The third-order valence-corrected chi connectivity index (χ3v) is 6.87. The molecule has 0 heterocycles. The van der Waals surface area contributed by atoms with Crippen LogP contribution in [0.2, 0.25) is 5.02 Å². The number of sulfonamides is 1. The number of rotatable bonds is 9. The summed E-state index contributed by atoms with van der Waals surface area (Å²) in [5.74, 6) is -0.0880. The molecular formula is C24H25ClN2O3S. The summed E-state index contributed by atoms with van der Waals surface area (Å²) in [6, 6.07) is 23.0. The van der Waals surface area contributed by atoms with Gasteiger partial charge in [0.2, 0.25) is 15.9 Å². The second-order valence-corrected chi connectivity index (χ2v) is 9.39. The fraction of sp³-hybridized carbons (Fsp3) is 0.208. The molecule has 0 unspecified atom stereocenters. The van der Waals surface area contributed by atoms with Crippen LogP contribution < -0.4 is 10.0 Å². The summed E-state index contributed by atoms with van der Waals surface area (Å²) >= 11 is 6.09. The fourth-order valence-electron chi connectivity index (χ4n) is 3.13. The number of hydrogen-bond donors (Lipinski definition) is 2. The van der Waals surface area contributed by atoms with Crippen molar-refractivity contribution in [2.24, 2.45) is 0 Å². The van der Waals surface area contributed by atoms with Crippen molar-refractivity contribution < 1.29 is 13.2 Å². The molecule has 0 aromatic heterocycles. The first-order chi connectivity index (χ1) is 14.8. The van der Waals surface area contributed by atoms with Gasteiger partial charge in [-0.1, -0.05) is 72.3 Å². The third kappa shape index (κ3) is 6.66. The number of halogens is 1. The van der Waals surface area contributed by atoms with Crippen LogP contribution in [0.15, 0.2) is 83.8 Å². The predicted molar refractivity (Wildman–Crippen MR) is 123 cm³/mol. The lowest BCUT2D eigenvalue weighted by Crippen LogP contribution is -2.26. The number of carbonyl (C=O) groups is 1. The zero-order valence-corrected chi connectivity index (χ0v) is 18.8. The van der Waals surface area contributed by atoms with Crippen LogP contribution in [-0.2, 0) is 27.8 Å². The monoisotopic (exact) mass is 456 g/mol. The van der Waals surface area contributed by atoms with Crippen molar-refractivity contribution in [2.75, 3.05) is 0 Å². The topological polar surface area (TPSA) is 75.3 Å². The van der Waals surface area contributed by atoms with Crippen LogP contribution in [0.25, 0.3) is 0 Å². The average molecular weight is 457 g/mol. The average Bonchev–Trinajstić information content (AvgIpc) is 2.77. The molecule has 0 saturated carbocycles. The highest BCUT2D eigenvalue weighted by Crippen LogP contribution is 2.18. The minimum atomic E-state index is -3.64. The Bertz CT molecular complexity index is 1120. The molecule has 5 nitrogen and oxygen atoms in total. The molecule has 0 bridgehead atoms. The van der Waals surface area contributed by atoms with E-state index in [2.05, 4.69) is 10.0 Å². The largest absolute Gasteiger partial charge is 0.352 e. The molecule has 3 rings (SSSR count). The quantitative estimate of drug-likeness (QED) is 0.493. The smallest absolute Gasteiger partial charge is 0.241 e. The molecule has 1 amide bonds. The second-order valence-electron chi connectivity index (χ2n) is 7.27. The number of nitrogens with one attached hydrogen (secondary N) is 2. The van der Waals surface area contributed by atoms with Gasteiger partial charge in [0, 0.05) is 24.0 Å². The second kappa shape index (κ2) is 10.6. The molecular weight excluding hydrogens is 432 g/mol. The van der Waals surface area contributed by atoms with E-state index in [0.717, 1.165) is 16.7 Å². The highest BCUT2D eigenvalue weighted by molar-refractivity contribution is 7.89. The highest BCUT2D eigenvalue weighted by Gasteiger charge is 2.18. The Hall–Kier alpha value is -2.67. The lowest BCUT2D eigenvalue weighted by atomic mass is 10.1. The van der Waals surface area contributed by atoms with Gasteiger partial charge in [-0.2, -0.15) is 0 Å². The molecule has 162 valence electrons. The molecule has 3 aromatic carbocycles. The number of hydrogen-bond acceptors (Lipinski definition) is 3. The minimum Gasteiger partial charge on any atom is -0.352 e. The zero-order chi connectivity index (χ0) is 22.3. The first-order valence-corrected chi connectivity index (χ1v) is 11.9. The van der Waals surface area contributed by atoms with E-state index in [-0.39, 0.29) is 16.8 Å². The predicted octanol–water partition coefficient (Wildman–Crippen LogP) is 4.63. The molecule has 0 radical (unpaired) electrons. The molecule has 0 fully saturated rings. The van der Waals surface area contributed by atoms with Crippen molar-refractivity contribution in [2.45, 2.75) is 37.2 Å². The van der Waals surface area contributed by atoms with E-state index >= 15 is 0 Å². The van der Waals surface area contributed by atoms with Crippen molar-refractivity contribution in [1.82, 2.24) is 10.0 Å². The van der Waals surface area contributed by atoms with E-state index < -0.39 is 10.0 Å². The number of carbonyl (C=O) groups excluding carboxylic acids is 1. The Morgan fingerprint density at radius 1 is 0.935 bits per heavy atom. The van der Waals surface area contributed by atoms with Gasteiger partial charge in [0.25, 0.3) is 0 Å². The Morgan fingerprint density at radius 3 is 2.26 bits per heavy atom. The van der Waals surface area contributed by atoms with Crippen LogP contribution in [-0.4, -0.2) is 14.3 Å². The van der Waals surface area contributed by atoms with E-state index in [9.17, 15) is 13.2 Å². The highest BCUT2D eigenvalue weighted by atomic mass is 35.5. The Labute approximate surface area is 188 Å². The van der Waals surface area contributed by atoms with Crippen LogP contribution in [0.5, 0.6) is 0 Å². The SMILES string of the molecule is C[C@@H](NS(=O)(=O)c1ccc(CCC(=O)NCc2ccccc2Cl)cc1)c1ccccc1. The summed E-state index contributed by atoms with van der Waals surface area (Å²) in [7, 11) is -3.64. The first kappa shape index (κ1) is 23.0. The molecule has 3 aromatic rings. The minimum absolute atomic E-state index is 0.0880. The molecule has 0 saturated heterocycles.